The smallest absolute Gasteiger partial charge is 0.306 e. The minimum absolute atomic E-state index is 0.154. The molecule has 0 radical (unpaired) electrons. The maximum Gasteiger partial charge on any atom is 0.306 e. The zero-order valence-electron chi connectivity index (χ0n) is 19.6. The van der Waals surface area contributed by atoms with Gasteiger partial charge in [0.05, 0.1) is 11.1 Å². The van der Waals surface area contributed by atoms with Crippen LogP contribution in [0.4, 0.5) is 5.69 Å². The number of anilines is 1. The minimum Gasteiger partial charge on any atom is -0.457 e. The molecule has 0 atom stereocenters. The number of imide groups is 1. The Morgan fingerprint density at radius 3 is 2.00 bits per heavy atom. The summed E-state index contributed by atoms with van der Waals surface area (Å²) in [4.78, 5) is 50.0. The van der Waals surface area contributed by atoms with E-state index in [-0.39, 0.29) is 24.8 Å². The van der Waals surface area contributed by atoms with Crippen LogP contribution in [-0.2, 0) is 14.3 Å². The SMILES string of the molecule is O=C(COC(=O)CCCCCN1C(=O)c2ccccc2C1=O)Nc1ccc(Oc2ccccc2)cc1. The van der Waals surface area contributed by atoms with Crippen molar-refractivity contribution < 1.29 is 28.7 Å². The van der Waals surface area contributed by atoms with E-state index < -0.39 is 11.9 Å². The average molecular weight is 487 g/mol. The predicted molar refractivity (Wildman–Crippen MR) is 133 cm³/mol. The Morgan fingerprint density at radius 2 is 1.33 bits per heavy atom. The summed E-state index contributed by atoms with van der Waals surface area (Å²) in [6, 6.07) is 23.0. The third kappa shape index (κ3) is 6.35. The van der Waals surface area contributed by atoms with Crippen LogP contribution in [-0.4, -0.2) is 41.7 Å². The molecular formula is C28H26N2O6. The topological polar surface area (TPSA) is 102 Å². The molecule has 0 saturated heterocycles. The van der Waals surface area contributed by atoms with Crippen LogP contribution in [0.1, 0.15) is 46.4 Å². The van der Waals surface area contributed by atoms with E-state index in [1.165, 1.54) is 4.90 Å². The summed E-state index contributed by atoms with van der Waals surface area (Å²) in [5.41, 5.74) is 1.42. The number of rotatable bonds is 11. The summed E-state index contributed by atoms with van der Waals surface area (Å²) in [5.74, 6) is -0.125. The van der Waals surface area contributed by atoms with Crippen molar-refractivity contribution in [3.05, 3.63) is 90.0 Å². The lowest BCUT2D eigenvalue weighted by Crippen LogP contribution is -2.30. The Balaban J connectivity index is 1.10. The number of esters is 1. The Kier molecular flexibility index (Phi) is 8.08. The van der Waals surface area contributed by atoms with Gasteiger partial charge < -0.3 is 14.8 Å². The van der Waals surface area contributed by atoms with Crippen LogP contribution >= 0.6 is 0 Å². The first kappa shape index (κ1) is 24.7. The molecule has 3 aromatic rings. The number of carbonyl (C=O) groups excluding carboxylic acids is 4. The van der Waals surface area contributed by atoms with Crippen LogP contribution in [0, 0.1) is 0 Å². The van der Waals surface area contributed by atoms with Crippen LogP contribution in [0.2, 0.25) is 0 Å². The Morgan fingerprint density at radius 1 is 0.722 bits per heavy atom. The number of unbranched alkanes of at least 4 members (excludes halogenated alkanes) is 2. The summed E-state index contributed by atoms with van der Waals surface area (Å²) >= 11 is 0. The number of benzene rings is 3. The van der Waals surface area contributed by atoms with Gasteiger partial charge in [-0.15, -0.1) is 0 Å². The molecule has 184 valence electrons. The standard InChI is InChI=1S/C28H26N2O6/c31-25(29-20-14-16-22(17-15-20)36-21-9-3-1-4-10-21)19-35-26(32)13-5-2-8-18-30-27(33)23-11-6-7-12-24(23)28(30)34/h1,3-4,6-7,9-12,14-17H,2,5,8,13,18-19H2,(H,29,31). The molecule has 3 aromatic carbocycles. The van der Waals surface area contributed by atoms with Crippen LogP contribution in [0.25, 0.3) is 0 Å². The lowest BCUT2D eigenvalue weighted by molar-refractivity contribution is -0.147. The molecular weight excluding hydrogens is 460 g/mol. The van der Waals surface area contributed by atoms with Gasteiger partial charge in [-0.05, 0) is 61.4 Å². The van der Waals surface area contributed by atoms with Gasteiger partial charge in [-0.2, -0.15) is 0 Å². The summed E-state index contributed by atoms with van der Waals surface area (Å²) in [5, 5.41) is 2.67. The Labute approximate surface area is 208 Å². The number of amides is 3. The number of fused-ring (bicyclic) bond motifs is 1. The number of hydrogen-bond donors (Lipinski definition) is 1. The van der Waals surface area contributed by atoms with Gasteiger partial charge in [0.2, 0.25) is 0 Å². The maximum atomic E-state index is 12.3. The highest BCUT2D eigenvalue weighted by Gasteiger charge is 2.34. The van der Waals surface area contributed by atoms with Crippen molar-refractivity contribution in [2.45, 2.75) is 25.7 Å². The molecule has 0 saturated carbocycles. The molecule has 0 aliphatic carbocycles. The molecule has 3 amide bonds. The first-order valence-corrected chi connectivity index (χ1v) is 11.7. The van der Waals surface area contributed by atoms with Crippen molar-refractivity contribution in [1.82, 2.24) is 4.90 Å². The summed E-state index contributed by atoms with van der Waals surface area (Å²) in [6.45, 7) is -0.0743. The van der Waals surface area contributed by atoms with Crippen LogP contribution in [0.15, 0.2) is 78.9 Å². The van der Waals surface area contributed by atoms with E-state index in [0.717, 1.165) is 0 Å². The third-order valence-electron chi connectivity index (χ3n) is 5.62. The highest BCUT2D eigenvalue weighted by atomic mass is 16.5. The van der Waals surface area contributed by atoms with Gasteiger partial charge in [0.25, 0.3) is 17.7 Å². The van der Waals surface area contributed by atoms with Crippen molar-refractivity contribution in [1.29, 1.82) is 0 Å². The monoisotopic (exact) mass is 486 g/mol. The normalized spacial score (nSPS) is 12.3. The van der Waals surface area contributed by atoms with E-state index in [4.69, 9.17) is 9.47 Å². The Bertz CT molecular complexity index is 1210. The number of hydrogen-bond acceptors (Lipinski definition) is 6. The second-order valence-electron chi connectivity index (χ2n) is 8.27. The first-order valence-electron chi connectivity index (χ1n) is 11.7. The van der Waals surface area contributed by atoms with Crippen molar-refractivity contribution in [3.63, 3.8) is 0 Å². The zero-order chi connectivity index (χ0) is 25.3. The molecule has 0 fully saturated rings. The number of nitrogens with one attached hydrogen (secondary N) is 1. The van der Waals surface area contributed by atoms with Crippen LogP contribution in [0.3, 0.4) is 0 Å². The number of ether oxygens (including phenoxy) is 2. The quantitative estimate of drug-likeness (QED) is 0.237. The molecule has 1 N–H and O–H groups in total. The molecule has 0 unspecified atom stereocenters. The lowest BCUT2D eigenvalue weighted by atomic mass is 10.1. The van der Waals surface area contributed by atoms with Gasteiger partial charge >= 0.3 is 5.97 Å². The summed E-state index contributed by atoms with van der Waals surface area (Å²) in [6.07, 6.45) is 1.92. The average Bonchev–Trinajstić information content (AvgIpc) is 3.14. The molecule has 0 aromatic heterocycles. The number of carbonyl (C=O) groups is 4. The summed E-state index contributed by atoms with van der Waals surface area (Å²) < 4.78 is 10.7. The lowest BCUT2D eigenvalue weighted by Gasteiger charge is -2.13. The van der Waals surface area contributed by atoms with Crippen molar-refractivity contribution >= 4 is 29.4 Å². The van der Waals surface area contributed by atoms with E-state index >= 15 is 0 Å². The van der Waals surface area contributed by atoms with Crippen molar-refractivity contribution in [3.8, 4) is 11.5 Å². The van der Waals surface area contributed by atoms with E-state index in [0.29, 0.717) is 54.1 Å². The van der Waals surface area contributed by atoms with E-state index in [9.17, 15) is 19.2 Å². The molecule has 1 heterocycles. The fourth-order valence-corrected chi connectivity index (χ4v) is 3.80. The largest absolute Gasteiger partial charge is 0.457 e. The highest BCUT2D eigenvalue weighted by molar-refractivity contribution is 6.21. The van der Waals surface area contributed by atoms with E-state index in [1.54, 1.807) is 48.5 Å². The zero-order valence-corrected chi connectivity index (χ0v) is 19.6. The molecule has 0 bridgehead atoms. The second kappa shape index (κ2) is 11.8. The van der Waals surface area contributed by atoms with Gasteiger partial charge in [0, 0.05) is 18.7 Å². The van der Waals surface area contributed by atoms with Gasteiger partial charge in [-0.3, -0.25) is 24.1 Å². The first-order chi connectivity index (χ1) is 17.5. The van der Waals surface area contributed by atoms with Gasteiger partial charge in [0.1, 0.15) is 11.5 Å². The minimum atomic E-state index is -0.475. The number of nitrogens with zero attached hydrogens (tertiary/aromatic N) is 1. The maximum absolute atomic E-state index is 12.3. The molecule has 36 heavy (non-hydrogen) atoms. The van der Waals surface area contributed by atoms with Crippen molar-refractivity contribution in [2.75, 3.05) is 18.5 Å². The molecule has 4 rings (SSSR count). The van der Waals surface area contributed by atoms with Crippen LogP contribution in [0.5, 0.6) is 11.5 Å². The summed E-state index contributed by atoms with van der Waals surface area (Å²) in [7, 11) is 0. The second-order valence-corrected chi connectivity index (χ2v) is 8.27. The van der Waals surface area contributed by atoms with E-state index in [2.05, 4.69) is 5.32 Å². The number of para-hydroxylation sites is 1. The Hall–Kier alpha value is -4.46. The van der Waals surface area contributed by atoms with Gasteiger partial charge in [0.15, 0.2) is 6.61 Å². The molecule has 1 aliphatic rings. The predicted octanol–water partition coefficient (Wildman–Crippen LogP) is 4.82. The molecule has 8 heteroatoms. The van der Waals surface area contributed by atoms with Crippen molar-refractivity contribution in [2.24, 2.45) is 0 Å². The van der Waals surface area contributed by atoms with E-state index in [1.807, 2.05) is 30.3 Å². The third-order valence-corrected chi connectivity index (χ3v) is 5.62. The van der Waals surface area contributed by atoms with Gasteiger partial charge in [-0.1, -0.05) is 36.8 Å². The molecule has 1 aliphatic heterocycles. The molecule has 0 spiro atoms. The fraction of sp³-hybridized carbons (Fsp3) is 0.214. The highest BCUT2D eigenvalue weighted by Crippen LogP contribution is 2.24. The fourth-order valence-electron chi connectivity index (χ4n) is 3.80. The molecule has 8 nitrogen and oxygen atoms in total. The van der Waals surface area contributed by atoms with Crippen LogP contribution < -0.4 is 10.1 Å². The van der Waals surface area contributed by atoms with Gasteiger partial charge in [-0.25, -0.2) is 0 Å².